The van der Waals surface area contributed by atoms with E-state index in [9.17, 15) is 0 Å². The lowest BCUT2D eigenvalue weighted by Gasteiger charge is -2.00. The molecule has 13 heavy (non-hydrogen) atoms. The molecule has 0 N–H and O–H groups in total. The summed E-state index contributed by atoms with van der Waals surface area (Å²) in [5.74, 6) is 0.490. The van der Waals surface area contributed by atoms with E-state index in [4.69, 9.17) is 23.2 Å². The largest absolute Gasteiger partial charge is 0.142 e. The van der Waals surface area contributed by atoms with Gasteiger partial charge >= 0.3 is 0 Å². The third kappa shape index (κ3) is 1.68. The SMILES string of the molecule is Sc1c(CCl)ccc2cc(Cl)sc12. The summed E-state index contributed by atoms with van der Waals surface area (Å²) in [5, 5.41) is 1.13. The van der Waals surface area contributed by atoms with Crippen molar-refractivity contribution < 1.29 is 0 Å². The number of thiol groups is 1. The maximum absolute atomic E-state index is 5.90. The summed E-state index contributed by atoms with van der Waals surface area (Å²) < 4.78 is 1.91. The second-order valence-electron chi connectivity index (χ2n) is 2.68. The fraction of sp³-hybridized carbons (Fsp3) is 0.111. The van der Waals surface area contributed by atoms with Gasteiger partial charge in [-0.3, -0.25) is 0 Å². The molecule has 0 aliphatic heterocycles. The molecule has 0 fully saturated rings. The number of thiophene rings is 1. The molecule has 0 atom stereocenters. The Morgan fingerprint density at radius 2 is 2.15 bits per heavy atom. The molecule has 1 heterocycles. The van der Waals surface area contributed by atoms with E-state index in [-0.39, 0.29) is 0 Å². The molecule has 0 nitrogen and oxygen atoms in total. The molecule has 4 heteroatoms. The second-order valence-corrected chi connectivity index (χ2v) is 5.07. The Labute approximate surface area is 95.9 Å². The zero-order valence-corrected chi connectivity index (χ0v) is 9.77. The number of alkyl halides is 1. The molecule has 68 valence electrons. The van der Waals surface area contributed by atoms with Gasteiger partial charge in [-0.2, -0.15) is 0 Å². The zero-order chi connectivity index (χ0) is 9.42. The highest BCUT2D eigenvalue weighted by Crippen LogP contribution is 2.35. The number of benzene rings is 1. The maximum Gasteiger partial charge on any atom is 0.0941 e. The Morgan fingerprint density at radius 3 is 2.85 bits per heavy atom. The fourth-order valence-electron chi connectivity index (χ4n) is 1.21. The predicted molar refractivity (Wildman–Crippen MR) is 63.6 cm³/mol. The van der Waals surface area contributed by atoms with Crippen molar-refractivity contribution in [1.82, 2.24) is 0 Å². The van der Waals surface area contributed by atoms with Crippen LogP contribution in [0.3, 0.4) is 0 Å². The lowest BCUT2D eigenvalue weighted by atomic mass is 10.2. The van der Waals surface area contributed by atoms with E-state index in [2.05, 4.69) is 12.6 Å². The normalized spacial score (nSPS) is 11.0. The minimum atomic E-state index is 0.490. The standard InChI is InChI=1S/C9H6Cl2S2/c10-4-6-2-1-5-3-7(11)13-9(5)8(6)12/h1-3,12H,4H2. The molecule has 1 aromatic heterocycles. The van der Waals surface area contributed by atoms with Crippen molar-refractivity contribution in [1.29, 1.82) is 0 Å². The van der Waals surface area contributed by atoms with Crippen LogP contribution in [0.25, 0.3) is 10.1 Å². The maximum atomic E-state index is 5.90. The van der Waals surface area contributed by atoms with Crippen molar-refractivity contribution in [3.05, 3.63) is 28.1 Å². The van der Waals surface area contributed by atoms with Gasteiger partial charge in [-0.05, 0) is 17.0 Å². The van der Waals surface area contributed by atoms with E-state index in [0.29, 0.717) is 5.88 Å². The van der Waals surface area contributed by atoms with Gasteiger partial charge in [0.15, 0.2) is 0 Å². The van der Waals surface area contributed by atoms with Crippen molar-refractivity contribution in [2.75, 3.05) is 0 Å². The van der Waals surface area contributed by atoms with Gasteiger partial charge in [0.25, 0.3) is 0 Å². The fourth-order valence-corrected chi connectivity index (χ4v) is 3.14. The summed E-state index contributed by atoms with van der Waals surface area (Å²) in [5.41, 5.74) is 1.05. The van der Waals surface area contributed by atoms with Gasteiger partial charge in [-0.25, -0.2) is 0 Å². The van der Waals surface area contributed by atoms with E-state index in [1.165, 1.54) is 11.3 Å². The van der Waals surface area contributed by atoms with Crippen molar-refractivity contribution in [2.45, 2.75) is 10.8 Å². The van der Waals surface area contributed by atoms with Gasteiger partial charge in [-0.15, -0.1) is 35.6 Å². The van der Waals surface area contributed by atoms with Gasteiger partial charge < -0.3 is 0 Å². The summed E-state index contributed by atoms with van der Waals surface area (Å²) in [6.45, 7) is 0. The van der Waals surface area contributed by atoms with E-state index in [1.54, 1.807) is 0 Å². The molecule has 0 radical (unpaired) electrons. The van der Waals surface area contributed by atoms with Gasteiger partial charge in [0.1, 0.15) is 0 Å². The Bertz CT molecular complexity index is 448. The van der Waals surface area contributed by atoms with Crippen molar-refractivity contribution in [3.63, 3.8) is 0 Å². The highest BCUT2D eigenvalue weighted by Gasteiger charge is 2.06. The second kappa shape index (κ2) is 3.70. The van der Waals surface area contributed by atoms with Gasteiger partial charge in [0.05, 0.1) is 4.34 Å². The average molecular weight is 249 g/mol. The number of rotatable bonds is 1. The highest BCUT2D eigenvalue weighted by atomic mass is 35.5. The molecule has 2 rings (SSSR count). The van der Waals surface area contributed by atoms with E-state index < -0.39 is 0 Å². The minimum Gasteiger partial charge on any atom is -0.142 e. The van der Waals surface area contributed by atoms with Crippen LogP contribution in [-0.4, -0.2) is 0 Å². The van der Waals surface area contributed by atoms with E-state index >= 15 is 0 Å². The van der Waals surface area contributed by atoms with Crippen LogP contribution in [0.2, 0.25) is 4.34 Å². The summed E-state index contributed by atoms with van der Waals surface area (Å²) in [6.07, 6.45) is 0. The molecule has 0 amide bonds. The Balaban J connectivity index is 2.78. The first-order valence-corrected chi connectivity index (χ1v) is 5.86. The summed E-state index contributed by atoms with van der Waals surface area (Å²) in [7, 11) is 0. The molecule has 0 bridgehead atoms. The average Bonchev–Trinajstić information content (AvgIpc) is 2.47. The lowest BCUT2D eigenvalue weighted by Crippen LogP contribution is -1.79. The van der Waals surface area contributed by atoms with Gasteiger partial charge in [0.2, 0.25) is 0 Å². The minimum absolute atomic E-state index is 0.490. The van der Waals surface area contributed by atoms with E-state index in [1.807, 2.05) is 18.2 Å². The van der Waals surface area contributed by atoms with Crippen LogP contribution in [0.1, 0.15) is 5.56 Å². The molecule has 0 aliphatic carbocycles. The number of hydrogen-bond donors (Lipinski definition) is 1. The molecule has 1 aromatic carbocycles. The van der Waals surface area contributed by atoms with Crippen LogP contribution in [0, 0.1) is 0 Å². The van der Waals surface area contributed by atoms with Crippen LogP contribution in [0.4, 0.5) is 0 Å². The Hall–Kier alpha value is 0.110. The van der Waals surface area contributed by atoms with Crippen molar-refractivity contribution in [3.8, 4) is 0 Å². The Kier molecular flexibility index (Phi) is 2.75. The number of fused-ring (bicyclic) bond motifs is 1. The monoisotopic (exact) mass is 248 g/mol. The summed E-state index contributed by atoms with van der Waals surface area (Å²) in [4.78, 5) is 0.949. The zero-order valence-electron chi connectivity index (χ0n) is 6.55. The van der Waals surface area contributed by atoms with Crippen molar-refractivity contribution >= 4 is 57.3 Å². The van der Waals surface area contributed by atoms with Crippen LogP contribution in [0.15, 0.2) is 23.1 Å². The summed E-state index contributed by atoms with van der Waals surface area (Å²) >= 11 is 17.6. The van der Waals surface area contributed by atoms with Crippen LogP contribution < -0.4 is 0 Å². The summed E-state index contributed by atoms with van der Waals surface area (Å²) in [6, 6.07) is 5.95. The van der Waals surface area contributed by atoms with Gasteiger partial charge in [0, 0.05) is 15.5 Å². The van der Waals surface area contributed by atoms with Crippen LogP contribution in [0.5, 0.6) is 0 Å². The molecule has 0 unspecified atom stereocenters. The quantitative estimate of drug-likeness (QED) is 0.555. The lowest BCUT2D eigenvalue weighted by molar-refractivity contribution is 1.32. The van der Waals surface area contributed by atoms with Crippen LogP contribution in [-0.2, 0) is 5.88 Å². The third-order valence-corrected chi connectivity index (χ3v) is 4.11. The molecular weight excluding hydrogens is 243 g/mol. The molecule has 2 aromatic rings. The molecule has 0 saturated carbocycles. The first kappa shape index (κ1) is 9.66. The van der Waals surface area contributed by atoms with Crippen LogP contribution >= 0.6 is 47.2 Å². The highest BCUT2D eigenvalue weighted by molar-refractivity contribution is 7.80. The van der Waals surface area contributed by atoms with E-state index in [0.717, 1.165) is 24.9 Å². The van der Waals surface area contributed by atoms with Crippen molar-refractivity contribution in [2.24, 2.45) is 0 Å². The third-order valence-electron chi connectivity index (χ3n) is 1.86. The molecule has 0 aliphatic rings. The smallest absolute Gasteiger partial charge is 0.0941 e. The van der Waals surface area contributed by atoms with Gasteiger partial charge in [-0.1, -0.05) is 23.7 Å². The number of hydrogen-bond acceptors (Lipinski definition) is 2. The molecule has 0 spiro atoms. The topological polar surface area (TPSA) is 0 Å². The molecular formula is C9H6Cl2S2. The molecule has 0 saturated heterocycles. The Morgan fingerprint density at radius 1 is 1.38 bits per heavy atom. The number of halogens is 2. The predicted octanol–water partition coefficient (Wildman–Crippen LogP) is 4.58. The first-order valence-electron chi connectivity index (χ1n) is 3.68. The first-order chi connectivity index (χ1) is 6.22.